The van der Waals surface area contributed by atoms with Crippen LogP contribution in [0.5, 0.6) is 0 Å². The molecule has 0 atom stereocenters. The summed E-state index contributed by atoms with van der Waals surface area (Å²) in [5, 5.41) is 7.87. The first-order chi connectivity index (χ1) is 10.5. The van der Waals surface area contributed by atoms with Gasteiger partial charge in [0, 0.05) is 30.3 Å². The van der Waals surface area contributed by atoms with E-state index in [-0.39, 0.29) is 5.56 Å². The predicted molar refractivity (Wildman–Crippen MR) is 90.7 cm³/mol. The van der Waals surface area contributed by atoms with E-state index in [1.165, 1.54) is 0 Å². The van der Waals surface area contributed by atoms with Crippen molar-refractivity contribution in [2.75, 3.05) is 0 Å². The molecular weight excluding hydrogens is 274 g/mol. The Hall–Kier alpha value is -1.94. The maximum absolute atomic E-state index is 12.6. The number of nitrogens with zero attached hydrogens (tertiary/aromatic N) is 2. The molecule has 4 nitrogen and oxygen atoms in total. The van der Waals surface area contributed by atoms with E-state index in [9.17, 15) is 4.79 Å². The van der Waals surface area contributed by atoms with Crippen molar-refractivity contribution < 1.29 is 0 Å². The van der Waals surface area contributed by atoms with Gasteiger partial charge in [0.15, 0.2) is 0 Å². The van der Waals surface area contributed by atoms with Gasteiger partial charge in [-0.3, -0.25) is 4.79 Å². The number of nitrogens with one attached hydrogen (secondary N) is 1. The first kappa shape index (κ1) is 16.4. The van der Waals surface area contributed by atoms with Gasteiger partial charge in [0.2, 0.25) is 0 Å². The first-order valence-corrected chi connectivity index (χ1v) is 7.87. The smallest absolute Gasteiger partial charge is 0.271 e. The van der Waals surface area contributed by atoms with Gasteiger partial charge < -0.3 is 5.32 Å². The van der Waals surface area contributed by atoms with Crippen molar-refractivity contribution in [1.82, 2.24) is 15.1 Å². The van der Waals surface area contributed by atoms with E-state index in [1.54, 1.807) is 4.68 Å². The van der Waals surface area contributed by atoms with E-state index in [0.717, 1.165) is 16.8 Å². The van der Waals surface area contributed by atoms with E-state index in [4.69, 9.17) is 0 Å². The molecule has 0 saturated heterocycles. The maximum Gasteiger partial charge on any atom is 0.271 e. The van der Waals surface area contributed by atoms with Crippen LogP contribution in [0.4, 0.5) is 0 Å². The lowest BCUT2D eigenvalue weighted by Crippen LogP contribution is -2.32. The third-order valence-electron chi connectivity index (χ3n) is 3.36. The molecule has 0 bridgehead atoms. The molecule has 0 aliphatic carbocycles. The highest BCUT2D eigenvalue weighted by Crippen LogP contribution is 2.16. The highest BCUT2D eigenvalue weighted by Gasteiger charge is 2.11. The summed E-state index contributed by atoms with van der Waals surface area (Å²) in [6.07, 6.45) is 0. The molecule has 1 N–H and O–H groups in total. The highest BCUT2D eigenvalue weighted by atomic mass is 16.1. The molecular formula is C18H25N3O. The standard InChI is InChI=1S/C18H25N3O/c1-13(2)12-21-18(22)16(11-19-14(3)4)10-17(20-21)15-8-6-5-7-9-15/h5-10,13-14,19H,11-12H2,1-4H3. The van der Waals surface area contributed by atoms with Gasteiger partial charge in [0.05, 0.1) is 5.69 Å². The van der Waals surface area contributed by atoms with Crippen LogP contribution in [0.2, 0.25) is 0 Å². The van der Waals surface area contributed by atoms with Crippen LogP contribution < -0.4 is 10.9 Å². The zero-order valence-electron chi connectivity index (χ0n) is 13.8. The normalized spacial score (nSPS) is 11.4. The molecule has 1 aromatic carbocycles. The van der Waals surface area contributed by atoms with Gasteiger partial charge in [-0.05, 0) is 12.0 Å². The average molecular weight is 299 g/mol. The fourth-order valence-electron chi connectivity index (χ4n) is 2.26. The maximum atomic E-state index is 12.6. The molecule has 22 heavy (non-hydrogen) atoms. The number of hydrogen-bond donors (Lipinski definition) is 1. The number of hydrogen-bond acceptors (Lipinski definition) is 3. The summed E-state index contributed by atoms with van der Waals surface area (Å²) in [4.78, 5) is 12.6. The molecule has 2 aromatic rings. The van der Waals surface area contributed by atoms with Crippen molar-refractivity contribution in [2.45, 2.75) is 46.8 Å². The molecule has 118 valence electrons. The fourth-order valence-corrected chi connectivity index (χ4v) is 2.26. The molecule has 0 aliphatic rings. The molecule has 0 amide bonds. The van der Waals surface area contributed by atoms with Gasteiger partial charge in [-0.15, -0.1) is 0 Å². The molecule has 0 aliphatic heterocycles. The Balaban J connectivity index is 2.45. The third-order valence-corrected chi connectivity index (χ3v) is 3.36. The van der Waals surface area contributed by atoms with Crippen LogP contribution in [0.3, 0.4) is 0 Å². The van der Waals surface area contributed by atoms with Gasteiger partial charge in [0.25, 0.3) is 5.56 Å². The summed E-state index contributed by atoms with van der Waals surface area (Å²) in [5.41, 5.74) is 2.65. The van der Waals surface area contributed by atoms with Crippen LogP contribution >= 0.6 is 0 Å². The van der Waals surface area contributed by atoms with Crippen molar-refractivity contribution in [1.29, 1.82) is 0 Å². The lowest BCUT2D eigenvalue weighted by Gasteiger charge is -2.14. The Bertz CT molecular complexity index is 660. The van der Waals surface area contributed by atoms with Crippen molar-refractivity contribution in [3.05, 3.63) is 52.3 Å². The van der Waals surface area contributed by atoms with Gasteiger partial charge >= 0.3 is 0 Å². The van der Waals surface area contributed by atoms with E-state index in [0.29, 0.717) is 25.0 Å². The fraction of sp³-hybridized carbons (Fsp3) is 0.444. The van der Waals surface area contributed by atoms with Crippen LogP contribution in [0.25, 0.3) is 11.3 Å². The SMILES string of the molecule is CC(C)Cn1nc(-c2ccccc2)cc(CNC(C)C)c1=O. The molecule has 4 heteroatoms. The van der Waals surface area contributed by atoms with Gasteiger partial charge in [0.1, 0.15) is 0 Å². The molecule has 0 saturated carbocycles. The number of benzene rings is 1. The van der Waals surface area contributed by atoms with E-state index < -0.39 is 0 Å². The van der Waals surface area contributed by atoms with Crippen molar-refractivity contribution in [2.24, 2.45) is 5.92 Å². The number of aromatic nitrogens is 2. The summed E-state index contributed by atoms with van der Waals surface area (Å²) in [6.45, 7) is 9.54. The predicted octanol–water partition coefficient (Wildman–Crippen LogP) is 3.06. The van der Waals surface area contributed by atoms with Gasteiger partial charge in [-0.2, -0.15) is 5.10 Å². The van der Waals surface area contributed by atoms with Crippen LogP contribution in [-0.4, -0.2) is 15.8 Å². The second kappa shape index (κ2) is 7.36. The summed E-state index contributed by atoms with van der Waals surface area (Å²) in [5.74, 6) is 0.377. The second-order valence-electron chi connectivity index (χ2n) is 6.34. The minimum atomic E-state index is 0.00142. The molecule has 0 unspecified atom stereocenters. The summed E-state index contributed by atoms with van der Waals surface area (Å²) in [7, 11) is 0. The molecule has 0 spiro atoms. The topological polar surface area (TPSA) is 46.9 Å². The summed E-state index contributed by atoms with van der Waals surface area (Å²) < 4.78 is 1.60. The monoisotopic (exact) mass is 299 g/mol. The number of rotatable bonds is 6. The molecule has 1 heterocycles. The van der Waals surface area contributed by atoms with Crippen molar-refractivity contribution in [3.8, 4) is 11.3 Å². The Kier molecular flexibility index (Phi) is 5.50. The van der Waals surface area contributed by atoms with E-state index in [2.05, 4.69) is 38.1 Å². The lowest BCUT2D eigenvalue weighted by molar-refractivity contribution is 0.459. The molecule has 2 rings (SSSR count). The van der Waals surface area contributed by atoms with Crippen LogP contribution in [0.1, 0.15) is 33.3 Å². The quantitative estimate of drug-likeness (QED) is 0.891. The lowest BCUT2D eigenvalue weighted by atomic mass is 10.1. The Morgan fingerprint density at radius 1 is 1.14 bits per heavy atom. The Morgan fingerprint density at radius 3 is 2.41 bits per heavy atom. The second-order valence-corrected chi connectivity index (χ2v) is 6.34. The Morgan fingerprint density at radius 2 is 1.82 bits per heavy atom. The third kappa shape index (κ3) is 4.28. The minimum Gasteiger partial charge on any atom is -0.310 e. The van der Waals surface area contributed by atoms with Crippen LogP contribution in [0, 0.1) is 5.92 Å². The zero-order chi connectivity index (χ0) is 16.1. The van der Waals surface area contributed by atoms with Crippen LogP contribution in [-0.2, 0) is 13.1 Å². The van der Waals surface area contributed by atoms with Crippen molar-refractivity contribution in [3.63, 3.8) is 0 Å². The minimum absolute atomic E-state index is 0.00142. The van der Waals surface area contributed by atoms with E-state index in [1.807, 2.05) is 36.4 Å². The van der Waals surface area contributed by atoms with Crippen molar-refractivity contribution >= 4 is 0 Å². The van der Waals surface area contributed by atoms with Gasteiger partial charge in [-0.1, -0.05) is 58.0 Å². The average Bonchev–Trinajstić information content (AvgIpc) is 2.48. The molecule has 1 aromatic heterocycles. The van der Waals surface area contributed by atoms with Crippen LogP contribution in [0.15, 0.2) is 41.2 Å². The molecule has 0 radical (unpaired) electrons. The first-order valence-electron chi connectivity index (χ1n) is 7.87. The molecule has 0 fully saturated rings. The van der Waals surface area contributed by atoms with E-state index >= 15 is 0 Å². The highest BCUT2D eigenvalue weighted by molar-refractivity contribution is 5.58. The summed E-state index contributed by atoms with van der Waals surface area (Å²) >= 11 is 0. The summed E-state index contributed by atoms with van der Waals surface area (Å²) in [6, 6.07) is 12.2. The van der Waals surface area contributed by atoms with Gasteiger partial charge in [-0.25, -0.2) is 4.68 Å². The Labute approximate surface area is 132 Å². The zero-order valence-corrected chi connectivity index (χ0v) is 13.8. The largest absolute Gasteiger partial charge is 0.310 e.